The molecule has 0 atom stereocenters. The second-order valence-corrected chi connectivity index (χ2v) is 6.86. The summed E-state index contributed by atoms with van der Waals surface area (Å²) in [5, 5.41) is 16.2. The maximum atomic E-state index is 12.8. The Hall–Kier alpha value is -3.21. The van der Waals surface area contributed by atoms with Gasteiger partial charge < -0.3 is 5.32 Å². The molecule has 0 fully saturated rings. The number of carbonyl (C=O) groups is 1. The number of benzene rings is 3. The minimum atomic E-state index is -0.644. The van der Waals surface area contributed by atoms with Crippen LogP contribution in [0.5, 0.6) is 0 Å². The molecule has 0 spiro atoms. The quantitative estimate of drug-likeness (QED) is 0.547. The molecule has 132 valence electrons. The van der Waals surface area contributed by atoms with Crippen molar-refractivity contribution >= 4 is 22.4 Å². The second kappa shape index (κ2) is 6.59. The van der Waals surface area contributed by atoms with E-state index in [1.54, 1.807) is 13.0 Å². The fourth-order valence-electron chi connectivity index (χ4n) is 3.16. The SMILES string of the molecule is Cc1ccc([N+](=O)[O-])cc1C(=O)NC(C)(C)c1cccc2ccccc12. The van der Waals surface area contributed by atoms with Crippen LogP contribution in [0.25, 0.3) is 10.8 Å². The van der Waals surface area contributed by atoms with E-state index in [2.05, 4.69) is 5.32 Å². The summed E-state index contributed by atoms with van der Waals surface area (Å²) in [6.07, 6.45) is 0. The minimum absolute atomic E-state index is 0.0938. The Morgan fingerprint density at radius 1 is 1.04 bits per heavy atom. The molecule has 3 rings (SSSR count). The molecule has 1 N–H and O–H groups in total. The number of nitrogens with zero attached hydrogens (tertiary/aromatic N) is 1. The molecule has 0 saturated heterocycles. The van der Waals surface area contributed by atoms with Gasteiger partial charge in [-0.25, -0.2) is 0 Å². The highest BCUT2D eigenvalue weighted by Crippen LogP contribution is 2.29. The standard InChI is InChI=1S/C21H20N2O3/c1-14-11-12-16(23(25)26)13-18(14)20(24)22-21(2,3)19-10-6-8-15-7-4-5-9-17(15)19/h4-13H,1-3H3,(H,22,24). The average Bonchev–Trinajstić information content (AvgIpc) is 2.60. The predicted octanol–water partition coefficient (Wildman–Crippen LogP) is 4.72. The van der Waals surface area contributed by atoms with Crippen molar-refractivity contribution < 1.29 is 9.72 Å². The van der Waals surface area contributed by atoms with E-state index in [1.165, 1.54) is 12.1 Å². The number of non-ortho nitro benzene ring substituents is 1. The molecule has 0 aliphatic carbocycles. The first-order valence-electron chi connectivity index (χ1n) is 8.35. The Morgan fingerprint density at radius 2 is 1.73 bits per heavy atom. The van der Waals surface area contributed by atoms with Gasteiger partial charge in [-0.1, -0.05) is 48.5 Å². The van der Waals surface area contributed by atoms with E-state index in [-0.39, 0.29) is 11.6 Å². The molecular formula is C21H20N2O3. The number of hydrogen-bond acceptors (Lipinski definition) is 3. The fourth-order valence-corrected chi connectivity index (χ4v) is 3.16. The molecule has 0 aliphatic rings. The third-order valence-electron chi connectivity index (χ3n) is 4.57. The molecule has 0 heterocycles. The zero-order chi connectivity index (χ0) is 18.9. The first-order valence-corrected chi connectivity index (χ1v) is 8.35. The number of aryl methyl sites for hydroxylation is 1. The summed E-state index contributed by atoms with van der Waals surface area (Å²) in [6, 6.07) is 18.3. The first-order chi connectivity index (χ1) is 12.3. The Morgan fingerprint density at radius 3 is 2.46 bits per heavy atom. The van der Waals surface area contributed by atoms with Gasteiger partial charge in [-0.15, -0.1) is 0 Å². The van der Waals surface area contributed by atoms with E-state index in [0.717, 1.165) is 16.3 Å². The molecule has 5 heteroatoms. The zero-order valence-electron chi connectivity index (χ0n) is 14.9. The zero-order valence-corrected chi connectivity index (χ0v) is 14.9. The highest BCUT2D eigenvalue weighted by molar-refractivity contribution is 5.97. The van der Waals surface area contributed by atoms with Crippen LogP contribution in [-0.4, -0.2) is 10.8 Å². The van der Waals surface area contributed by atoms with Crippen LogP contribution in [-0.2, 0) is 5.54 Å². The highest BCUT2D eigenvalue weighted by atomic mass is 16.6. The Kier molecular flexibility index (Phi) is 4.47. The van der Waals surface area contributed by atoms with Crippen LogP contribution < -0.4 is 5.32 Å². The Balaban J connectivity index is 1.98. The van der Waals surface area contributed by atoms with Gasteiger partial charge in [-0.05, 0) is 42.7 Å². The molecule has 0 aliphatic heterocycles. The van der Waals surface area contributed by atoms with Crippen molar-refractivity contribution in [2.75, 3.05) is 0 Å². The van der Waals surface area contributed by atoms with Crippen LogP contribution in [0.1, 0.15) is 35.3 Å². The average molecular weight is 348 g/mol. The molecule has 5 nitrogen and oxygen atoms in total. The summed E-state index contributed by atoms with van der Waals surface area (Å²) in [5.41, 5.74) is 1.26. The fraction of sp³-hybridized carbons (Fsp3) is 0.190. The van der Waals surface area contributed by atoms with Gasteiger partial charge in [0.25, 0.3) is 11.6 Å². The minimum Gasteiger partial charge on any atom is -0.343 e. The number of nitro groups is 1. The lowest BCUT2D eigenvalue weighted by molar-refractivity contribution is -0.384. The molecule has 0 bridgehead atoms. The van der Waals surface area contributed by atoms with Gasteiger partial charge >= 0.3 is 0 Å². The van der Waals surface area contributed by atoms with E-state index in [0.29, 0.717) is 11.1 Å². The summed E-state index contributed by atoms with van der Waals surface area (Å²) in [5.74, 6) is -0.330. The van der Waals surface area contributed by atoms with Crippen LogP contribution in [0, 0.1) is 17.0 Å². The molecule has 0 aromatic heterocycles. The number of hydrogen-bond donors (Lipinski definition) is 1. The van der Waals surface area contributed by atoms with Crippen molar-refractivity contribution in [3.63, 3.8) is 0 Å². The van der Waals surface area contributed by atoms with Gasteiger partial charge in [0.1, 0.15) is 0 Å². The third-order valence-corrected chi connectivity index (χ3v) is 4.57. The lowest BCUT2D eigenvalue weighted by Gasteiger charge is -2.28. The van der Waals surface area contributed by atoms with E-state index < -0.39 is 10.5 Å². The van der Waals surface area contributed by atoms with Gasteiger partial charge in [-0.3, -0.25) is 14.9 Å². The summed E-state index contributed by atoms with van der Waals surface area (Å²) in [6.45, 7) is 5.63. The first kappa shape index (κ1) is 17.6. The topological polar surface area (TPSA) is 72.2 Å². The Labute approximate surface area is 151 Å². The smallest absolute Gasteiger partial charge is 0.270 e. The van der Waals surface area contributed by atoms with Crippen molar-refractivity contribution in [3.05, 3.63) is 87.5 Å². The van der Waals surface area contributed by atoms with E-state index >= 15 is 0 Å². The largest absolute Gasteiger partial charge is 0.343 e. The van der Waals surface area contributed by atoms with Gasteiger partial charge in [0.15, 0.2) is 0 Å². The van der Waals surface area contributed by atoms with Crippen LogP contribution in [0.4, 0.5) is 5.69 Å². The lowest BCUT2D eigenvalue weighted by atomic mass is 9.89. The number of fused-ring (bicyclic) bond motifs is 1. The number of amides is 1. The van der Waals surface area contributed by atoms with E-state index in [1.807, 2.05) is 56.3 Å². The number of nitro benzene ring substituents is 1. The summed E-state index contributed by atoms with van der Waals surface area (Å²) in [7, 11) is 0. The summed E-state index contributed by atoms with van der Waals surface area (Å²) in [4.78, 5) is 23.4. The van der Waals surface area contributed by atoms with Crippen LogP contribution in [0.3, 0.4) is 0 Å². The molecule has 3 aromatic carbocycles. The van der Waals surface area contributed by atoms with Crippen molar-refractivity contribution in [1.29, 1.82) is 0 Å². The molecule has 0 unspecified atom stereocenters. The molecule has 26 heavy (non-hydrogen) atoms. The molecule has 1 amide bonds. The normalized spacial score (nSPS) is 11.3. The highest BCUT2D eigenvalue weighted by Gasteiger charge is 2.26. The van der Waals surface area contributed by atoms with E-state index in [4.69, 9.17) is 0 Å². The van der Waals surface area contributed by atoms with Gasteiger partial charge in [0, 0.05) is 17.7 Å². The number of nitrogens with one attached hydrogen (secondary N) is 1. The maximum Gasteiger partial charge on any atom is 0.270 e. The summed E-state index contributed by atoms with van der Waals surface area (Å²) >= 11 is 0. The van der Waals surface area contributed by atoms with Gasteiger partial charge in [-0.2, -0.15) is 0 Å². The van der Waals surface area contributed by atoms with Crippen LogP contribution in [0.2, 0.25) is 0 Å². The van der Waals surface area contributed by atoms with Crippen molar-refractivity contribution in [2.45, 2.75) is 26.3 Å². The Bertz CT molecular complexity index is 1000. The van der Waals surface area contributed by atoms with Crippen LogP contribution >= 0.6 is 0 Å². The van der Waals surface area contributed by atoms with E-state index in [9.17, 15) is 14.9 Å². The van der Waals surface area contributed by atoms with Gasteiger partial charge in [0.2, 0.25) is 0 Å². The molecule has 0 saturated carbocycles. The lowest BCUT2D eigenvalue weighted by Crippen LogP contribution is -2.41. The van der Waals surface area contributed by atoms with Crippen molar-refractivity contribution in [1.82, 2.24) is 5.32 Å². The van der Waals surface area contributed by atoms with Crippen molar-refractivity contribution in [2.24, 2.45) is 0 Å². The summed E-state index contributed by atoms with van der Waals surface area (Å²) < 4.78 is 0. The van der Waals surface area contributed by atoms with Crippen molar-refractivity contribution in [3.8, 4) is 0 Å². The monoisotopic (exact) mass is 348 g/mol. The second-order valence-electron chi connectivity index (χ2n) is 6.86. The third kappa shape index (κ3) is 3.28. The molecule has 3 aromatic rings. The number of carbonyl (C=O) groups excluding carboxylic acids is 1. The van der Waals surface area contributed by atoms with Gasteiger partial charge in [0.05, 0.1) is 10.5 Å². The predicted molar refractivity (Wildman–Crippen MR) is 102 cm³/mol. The molecular weight excluding hydrogens is 328 g/mol. The maximum absolute atomic E-state index is 12.8. The van der Waals surface area contributed by atoms with Crippen LogP contribution in [0.15, 0.2) is 60.7 Å². The molecule has 0 radical (unpaired) electrons. The number of rotatable bonds is 4.